The van der Waals surface area contributed by atoms with Gasteiger partial charge in [0, 0.05) is 12.0 Å². The van der Waals surface area contributed by atoms with Crippen LogP contribution in [0.4, 0.5) is 0 Å². The fraction of sp³-hybridized carbons (Fsp3) is 0.667. The second-order valence-corrected chi connectivity index (χ2v) is 7.12. The molecule has 0 saturated heterocycles. The second-order valence-electron chi connectivity index (χ2n) is 7.12. The SMILES string of the molecule is Cc1ccc(C2(CN)CC3(CCCCCC3)C2)cc1. The van der Waals surface area contributed by atoms with Crippen molar-refractivity contribution in [1.29, 1.82) is 0 Å². The Labute approximate surface area is 117 Å². The first-order valence-corrected chi connectivity index (χ1v) is 7.95. The van der Waals surface area contributed by atoms with E-state index in [1.807, 2.05) is 0 Å². The van der Waals surface area contributed by atoms with E-state index in [1.165, 1.54) is 62.5 Å². The molecule has 2 aliphatic carbocycles. The summed E-state index contributed by atoms with van der Waals surface area (Å²) in [4.78, 5) is 0. The van der Waals surface area contributed by atoms with Gasteiger partial charge in [-0.15, -0.1) is 0 Å². The molecule has 0 heterocycles. The molecular formula is C18H27N. The largest absolute Gasteiger partial charge is 0.330 e. The van der Waals surface area contributed by atoms with E-state index >= 15 is 0 Å². The predicted octanol–water partition coefficient (Wildman–Crippen LogP) is 4.33. The maximum atomic E-state index is 6.17. The van der Waals surface area contributed by atoms with Gasteiger partial charge in [-0.1, -0.05) is 55.5 Å². The van der Waals surface area contributed by atoms with Crippen LogP contribution in [-0.4, -0.2) is 6.54 Å². The highest BCUT2D eigenvalue weighted by atomic mass is 14.7. The molecule has 1 spiro atoms. The molecule has 2 saturated carbocycles. The van der Waals surface area contributed by atoms with Crippen LogP contribution in [0.3, 0.4) is 0 Å². The third kappa shape index (κ3) is 2.33. The summed E-state index contributed by atoms with van der Waals surface area (Å²) in [5.74, 6) is 0. The van der Waals surface area contributed by atoms with Crippen LogP contribution in [0.15, 0.2) is 24.3 Å². The van der Waals surface area contributed by atoms with Gasteiger partial charge in [-0.25, -0.2) is 0 Å². The molecule has 0 bridgehead atoms. The Morgan fingerprint density at radius 3 is 2.05 bits per heavy atom. The van der Waals surface area contributed by atoms with Crippen molar-refractivity contribution in [2.45, 2.75) is 63.7 Å². The van der Waals surface area contributed by atoms with Crippen LogP contribution in [0.5, 0.6) is 0 Å². The van der Waals surface area contributed by atoms with Crippen LogP contribution in [0.2, 0.25) is 0 Å². The van der Waals surface area contributed by atoms with Crippen LogP contribution < -0.4 is 5.73 Å². The molecule has 0 amide bonds. The molecule has 2 fully saturated rings. The van der Waals surface area contributed by atoms with Gasteiger partial charge in [0.25, 0.3) is 0 Å². The summed E-state index contributed by atoms with van der Waals surface area (Å²) in [5.41, 5.74) is 9.93. The summed E-state index contributed by atoms with van der Waals surface area (Å²) in [5, 5.41) is 0. The van der Waals surface area contributed by atoms with Crippen LogP contribution in [0, 0.1) is 12.3 Å². The van der Waals surface area contributed by atoms with Crippen molar-refractivity contribution in [1.82, 2.24) is 0 Å². The Morgan fingerprint density at radius 1 is 0.947 bits per heavy atom. The lowest BCUT2D eigenvalue weighted by atomic mass is 9.48. The molecule has 3 rings (SSSR count). The Hall–Kier alpha value is -0.820. The van der Waals surface area contributed by atoms with Gasteiger partial charge >= 0.3 is 0 Å². The summed E-state index contributed by atoms with van der Waals surface area (Å²) >= 11 is 0. The molecule has 1 aromatic carbocycles. The van der Waals surface area contributed by atoms with E-state index in [1.54, 1.807) is 0 Å². The standard InChI is InChI=1S/C18H27N/c1-15-6-8-16(9-7-15)18(14-19)12-17(13-18)10-4-2-3-5-11-17/h6-9H,2-5,10-14,19H2,1H3. The van der Waals surface area contributed by atoms with Crippen LogP contribution in [0.25, 0.3) is 0 Å². The zero-order valence-corrected chi connectivity index (χ0v) is 12.3. The minimum Gasteiger partial charge on any atom is -0.330 e. The van der Waals surface area contributed by atoms with Crippen molar-refractivity contribution in [3.05, 3.63) is 35.4 Å². The van der Waals surface area contributed by atoms with Gasteiger partial charge in [0.1, 0.15) is 0 Å². The van der Waals surface area contributed by atoms with E-state index in [-0.39, 0.29) is 5.41 Å². The van der Waals surface area contributed by atoms with Gasteiger partial charge in [-0.2, -0.15) is 0 Å². The number of benzene rings is 1. The lowest BCUT2D eigenvalue weighted by Crippen LogP contribution is -2.53. The number of hydrogen-bond acceptors (Lipinski definition) is 1. The normalized spacial score (nSPS) is 24.7. The summed E-state index contributed by atoms with van der Waals surface area (Å²) in [7, 11) is 0. The molecule has 0 radical (unpaired) electrons. The van der Waals surface area contributed by atoms with E-state index in [0.29, 0.717) is 5.41 Å². The van der Waals surface area contributed by atoms with Crippen LogP contribution >= 0.6 is 0 Å². The minimum absolute atomic E-state index is 0.290. The van der Waals surface area contributed by atoms with E-state index < -0.39 is 0 Å². The maximum Gasteiger partial charge on any atom is 0.00861 e. The third-order valence-corrected chi connectivity index (χ3v) is 5.65. The maximum absolute atomic E-state index is 6.17. The number of rotatable bonds is 2. The molecule has 104 valence electrons. The summed E-state index contributed by atoms with van der Waals surface area (Å²) in [6, 6.07) is 9.10. The number of nitrogens with two attached hydrogens (primary N) is 1. The molecule has 2 aliphatic rings. The lowest BCUT2D eigenvalue weighted by molar-refractivity contribution is 0.0113. The average Bonchev–Trinajstić information content (AvgIpc) is 2.63. The average molecular weight is 257 g/mol. The molecule has 2 N–H and O–H groups in total. The Morgan fingerprint density at radius 2 is 1.53 bits per heavy atom. The van der Waals surface area contributed by atoms with Crippen molar-refractivity contribution in [2.75, 3.05) is 6.54 Å². The molecule has 0 atom stereocenters. The third-order valence-electron chi connectivity index (χ3n) is 5.65. The van der Waals surface area contributed by atoms with Gasteiger partial charge in [-0.05, 0) is 43.6 Å². The smallest absolute Gasteiger partial charge is 0.00861 e. The fourth-order valence-corrected chi connectivity index (χ4v) is 4.59. The Bertz CT molecular complexity index is 416. The van der Waals surface area contributed by atoms with E-state index in [9.17, 15) is 0 Å². The van der Waals surface area contributed by atoms with Crippen LogP contribution in [0.1, 0.15) is 62.5 Å². The number of hydrogen-bond donors (Lipinski definition) is 1. The quantitative estimate of drug-likeness (QED) is 0.838. The van der Waals surface area contributed by atoms with E-state index in [2.05, 4.69) is 31.2 Å². The molecule has 1 heteroatoms. The molecule has 1 aromatic rings. The molecule has 0 unspecified atom stereocenters. The summed E-state index contributed by atoms with van der Waals surface area (Å²) in [6.07, 6.45) is 11.3. The molecule has 19 heavy (non-hydrogen) atoms. The molecule has 1 nitrogen and oxygen atoms in total. The summed E-state index contributed by atoms with van der Waals surface area (Å²) < 4.78 is 0. The van der Waals surface area contributed by atoms with Gasteiger partial charge < -0.3 is 5.73 Å². The first kappa shape index (κ1) is 13.2. The van der Waals surface area contributed by atoms with E-state index in [4.69, 9.17) is 5.73 Å². The zero-order valence-electron chi connectivity index (χ0n) is 12.3. The molecule has 0 aliphatic heterocycles. The van der Waals surface area contributed by atoms with Gasteiger partial charge in [0.2, 0.25) is 0 Å². The highest BCUT2D eigenvalue weighted by molar-refractivity contribution is 5.33. The molecule has 0 aromatic heterocycles. The van der Waals surface area contributed by atoms with Crippen molar-refractivity contribution < 1.29 is 0 Å². The highest BCUT2D eigenvalue weighted by Crippen LogP contribution is 2.60. The summed E-state index contributed by atoms with van der Waals surface area (Å²) in [6.45, 7) is 2.98. The van der Waals surface area contributed by atoms with Crippen molar-refractivity contribution in [3.8, 4) is 0 Å². The Balaban J connectivity index is 1.78. The first-order valence-electron chi connectivity index (χ1n) is 7.95. The fourth-order valence-electron chi connectivity index (χ4n) is 4.59. The zero-order chi connectivity index (χ0) is 13.3. The predicted molar refractivity (Wildman–Crippen MR) is 81.3 cm³/mol. The highest BCUT2D eigenvalue weighted by Gasteiger charge is 2.53. The van der Waals surface area contributed by atoms with Crippen LogP contribution in [-0.2, 0) is 5.41 Å². The second kappa shape index (κ2) is 4.94. The van der Waals surface area contributed by atoms with Crippen molar-refractivity contribution in [2.24, 2.45) is 11.1 Å². The van der Waals surface area contributed by atoms with Gasteiger partial charge in [-0.3, -0.25) is 0 Å². The monoisotopic (exact) mass is 257 g/mol. The lowest BCUT2D eigenvalue weighted by Gasteiger charge is -2.57. The molecular weight excluding hydrogens is 230 g/mol. The van der Waals surface area contributed by atoms with Crippen molar-refractivity contribution >= 4 is 0 Å². The van der Waals surface area contributed by atoms with Crippen molar-refractivity contribution in [3.63, 3.8) is 0 Å². The van der Waals surface area contributed by atoms with E-state index in [0.717, 1.165) is 6.54 Å². The van der Waals surface area contributed by atoms with Gasteiger partial charge in [0.15, 0.2) is 0 Å². The topological polar surface area (TPSA) is 26.0 Å². The van der Waals surface area contributed by atoms with Gasteiger partial charge in [0.05, 0.1) is 0 Å². The first-order chi connectivity index (χ1) is 9.18. The Kier molecular flexibility index (Phi) is 3.42. The minimum atomic E-state index is 0.290. The number of aryl methyl sites for hydroxylation is 1.